The minimum absolute atomic E-state index is 0.256. The molecule has 1 aromatic carbocycles. The third-order valence-electron chi connectivity index (χ3n) is 3.40. The van der Waals surface area contributed by atoms with E-state index in [1.165, 1.54) is 11.3 Å². The highest BCUT2D eigenvalue weighted by Gasteiger charge is 2.11. The number of aryl methyl sites for hydroxylation is 2. The molecule has 102 valence electrons. The number of H-pyrrole nitrogens is 1. The van der Waals surface area contributed by atoms with E-state index >= 15 is 0 Å². The maximum Gasteiger partial charge on any atom is 0.0825 e. The van der Waals surface area contributed by atoms with E-state index in [4.69, 9.17) is 0 Å². The number of nitrogens with zero attached hydrogens (tertiary/aromatic N) is 2. The first kappa shape index (κ1) is 13.5. The maximum absolute atomic E-state index is 4.21. The second kappa shape index (κ2) is 5.34. The summed E-state index contributed by atoms with van der Waals surface area (Å²) in [6.07, 6.45) is 0. The lowest BCUT2D eigenvalue weighted by molar-refractivity contribution is 0.880. The molecule has 0 aliphatic carbocycles. The second-order valence-electron chi connectivity index (χ2n) is 5.16. The lowest BCUT2D eigenvalue weighted by atomic mass is 10.1. The van der Waals surface area contributed by atoms with Gasteiger partial charge < -0.3 is 10.2 Å². The third-order valence-corrected chi connectivity index (χ3v) is 3.40. The van der Waals surface area contributed by atoms with E-state index in [9.17, 15) is 0 Å². The summed E-state index contributed by atoms with van der Waals surface area (Å²) in [7, 11) is 4.10. The van der Waals surface area contributed by atoms with Gasteiger partial charge in [0.1, 0.15) is 0 Å². The summed E-state index contributed by atoms with van der Waals surface area (Å²) in [5.41, 5.74) is 5.67. The Morgan fingerprint density at radius 2 is 1.79 bits per heavy atom. The van der Waals surface area contributed by atoms with Crippen molar-refractivity contribution in [3.63, 3.8) is 0 Å². The van der Waals surface area contributed by atoms with Gasteiger partial charge in [0.05, 0.1) is 17.1 Å². The van der Waals surface area contributed by atoms with Crippen molar-refractivity contribution in [3.05, 3.63) is 41.2 Å². The molecule has 4 nitrogen and oxygen atoms in total. The molecule has 0 bridgehead atoms. The van der Waals surface area contributed by atoms with E-state index in [1.807, 2.05) is 13.8 Å². The molecule has 1 atom stereocenters. The Hall–Kier alpha value is -1.97. The zero-order valence-corrected chi connectivity index (χ0v) is 12.3. The van der Waals surface area contributed by atoms with Gasteiger partial charge in [0.2, 0.25) is 0 Å². The summed E-state index contributed by atoms with van der Waals surface area (Å²) in [6.45, 7) is 6.20. The molecule has 1 aromatic heterocycles. The quantitative estimate of drug-likeness (QED) is 0.884. The first-order valence-corrected chi connectivity index (χ1v) is 6.54. The zero-order chi connectivity index (χ0) is 14.0. The molecule has 0 saturated heterocycles. The highest BCUT2D eigenvalue weighted by molar-refractivity contribution is 5.54. The van der Waals surface area contributed by atoms with E-state index in [0.29, 0.717) is 0 Å². The van der Waals surface area contributed by atoms with Crippen molar-refractivity contribution in [2.45, 2.75) is 26.8 Å². The number of hydrogen-bond donors (Lipinski definition) is 2. The zero-order valence-electron chi connectivity index (χ0n) is 12.3. The summed E-state index contributed by atoms with van der Waals surface area (Å²) in [5, 5.41) is 10.7. The van der Waals surface area contributed by atoms with Crippen LogP contribution in [-0.4, -0.2) is 24.3 Å². The van der Waals surface area contributed by atoms with E-state index in [-0.39, 0.29) is 6.04 Å². The van der Waals surface area contributed by atoms with Gasteiger partial charge >= 0.3 is 0 Å². The lowest BCUT2D eigenvalue weighted by Crippen LogP contribution is -2.10. The molecule has 2 aromatic rings. The minimum Gasteiger partial charge on any atom is -0.378 e. The molecule has 0 amide bonds. The molecule has 1 heterocycles. The van der Waals surface area contributed by atoms with Gasteiger partial charge in [-0.1, -0.05) is 12.1 Å². The number of benzene rings is 1. The number of aromatic amines is 1. The van der Waals surface area contributed by atoms with E-state index in [0.717, 1.165) is 17.1 Å². The van der Waals surface area contributed by atoms with Gasteiger partial charge in [0, 0.05) is 25.8 Å². The van der Waals surface area contributed by atoms with Gasteiger partial charge in [-0.3, -0.25) is 5.10 Å². The van der Waals surface area contributed by atoms with Crippen molar-refractivity contribution >= 4 is 11.4 Å². The smallest absolute Gasteiger partial charge is 0.0825 e. The Bertz CT molecular complexity index is 520. The van der Waals surface area contributed by atoms with E-state index < -0.39 is 0 Å². The predicted molar refractivity (Wildman–Crippen MR) is 80.9 cm³/mol. The minimum atomic E-state index is 0.256. The fourth-order valence-electron chi connectivity index (χ4n) is 2.12. The Morgan fingerprint density at radius 1 is 1.16 bits per heavy atom. The van der Waals surface area contributed by atoms with Crippen molar-refractivity contribution in [1.82, 2.24) is 10.2 Å². The largest absolute Gasteiger partial charge is 0.378 e. The van der Waals surface area contributed by atoms with Gasteiger partial charge in [-0.25, -0.2) is 0 Å². The highest BCUT2D eigenvalue weighted by Crippen LogP contribution is 2.24. The number of aromatic nitrogens is 2. The molecule has 0 aliphatic heterocycles. The van der Waals surface area contributed by atoms with Gasteiger partial charge in [-0.15, -0.1) is 0 Å². The van der Waals surface area contributed by atoms with Crippen LogP contribution in [0.3, 0.4) is 0 Å². The second-order valence-corrected chi connectivity index (χ2v) is 5.16. The van der Waals surface area contributed by atoms with Crippen LogP contribution in [0.4, 0.5) is 11.4 Å². The molecule has 1 unspecified atom stereocenters. The van der Waals surface area contributed by atoms with Gasteiger partial charge in [-0.2, -0.15) is 5.10 Å². The van der Waals surface area contributed by atoms with Crippen LogP contribution in [0.2, 0.25) is 0 Å². The maximum atomic E-state index is 4.21. The van der Waals surface area contributed by atoms with Crippen LogP contribution < -0.4 is 10.2 Å². The van der Waals surface area contributed by atoms with Crippen LogP contribution >= 0.6 is 0 Å². The van der Waals surface area contributed by atoms with Crippen molar-refractivity contribution in [3.8, 4) is 0 Å². The third kappa shape index (κ3) is 2.89. The standard InChI is InChI=1S/C15H22N4/c1-10(16-15-11(2)17-18-12(15)3)13-6-8-14(9-7-13)19(4)5/h6-10,16H,1-5H3,(H,17,18). The number of nitrogens with one attached hydrogen (secondary N) is 2. The van der Waals surface area contributed by atoms with Crippen molar-refractivity contribution in [1.29, 1.82) is 0 Å². The molecule has 0 aliphatic rings. The molecule has 2 rings (SSSR count). The molecule has 0 radical (unpaired) electrons. The van der Waals surface area contributed by atoms with Crippen molar-refractivity contribution in [2.75, 3.05) is 24.3 Å². The SMILES string of the molecule is Cc1n[nH]c(C)c1NC(C)c1ccc(N(C)C)cc1. The summed E-state index contributed by atoms with van der Waals surface area (Å²) in [4.78, 5) is 2.10. The monoisotopic (exact) mass is 258 g/mol. The van der Waals surface area contributed by atoms with Crippen molar-refractivity contribution in [2.24, 2.45) is 0 Å². The fourth-order valence-corrected chi connectivity index (χ4v) is 2.12. The average Bonchev–Trinajstić information content (AvgIpc) is 2.70. The Kier molecular flexibility index (Phi) is 3.79. The summed E-state index contributed by atoms with van der Waals surface area (Å²) >= 11 is 0. The molecule has 0 spiro atoms. The highest BCUT2D eigenvalue weighted by atomic mass is 15.2. The van der Waals surface area contributed by atoms with Gasteiger partial charge in [-0.05, 0) is 38.5 Å². The summed E-state index contributed by atoms with van der Waals surface area (Å²) in [6, 6.07) is 8.87. The Labute approximate surface area is 114 Å². The number of anilines is 2. The Morgan fingerprint density at radius 3 is 2.26 bits per heavy atom. The molecule has 2 N–H and O–H groups in total. The molecule has 0 saturated carbocycles. The molecular formula is C15H22N4. The first-order chi connectivity index (χ1) is 8.99. The van der Waals surface area contributed by atoms with Gasteiger partial charge in [0.25, 0.3) is 0 Å². The lowest BCUT2D eigenvalue weighted by Gasteiger charge is -2.18. The van der Waals surface area contributed by atoms with E-state index in [1.54, 1.807) is 0 Å². The van der Waals surface area contributed by atoms with Crippen LogP contribution in [0, 0.1) is 13.8 Å². The van der Waals surface area contributed by atoms with Crippen molar-refractivity contribution < 1.29 is 0 Å². The first-order valence-electron chi connectivity index (χ1n) is 6.54. The van der Waals surface area contributed by atoms with Crippen LogP contribution in [0.15, 0.2) is 24.3 Å². The predicted octanol–water partition coefficient (Wildman–Crippen LogP) is 3.27. The van der Waals surface area contributed by atoms with Gasteiger partial charge in [0.15, 0.2) is 0 Å². The Balaban J connectivity index is 2.14. The summed E-state index contributed by atoms with van der Waals surface area (Å²) < 4.78 is 0. The fraction of sp³-hybridized carbons (Fsp3) is 0.400. The average molecular weight is 258 g/mol. The topological polar surface area (TPSA) is 44.0 Å². The van der Waals surface area contributed by atoms with Crippen LogP contribution in [0.5, 0.6) is 0 Å². The van der Waals surface area contributed by atoms with Crippen LogP contribution in [-0.2, 0) is 0 Å². The number of hydrogen-bond acceptors (Lipinski definition) is 3. The summed E-state index contributed by atoms with van der Waals surface area (Å²) in [5.74, 6) is 0. The number of rotatable bonds is 4. The normalized spacial score (nSPS) is 12.3. The van der Waals surface area contributed by atoms with Crippen LogP contribution in [0.1, 0.15) is 29.9 Å². The molecule has 4 heteroatoms. The molecule has 0 fully saturated rings. The van der Waals surface area contributed by atoms with E-state index in [2.05, 4.69) is 65.7 Å². The van der Waals surface area contributed by atoms with Crippen LogP contribution in [0.25, 0.3) is 0 Å². The molecule has 19 heavy (non-hydrogen) atoms. The molecular weight excluding hydrogens is 236 g/mol.